The van der Waals surface area contributed by atoms with Gasteiger partial charge in [-0.2, -0.15) is 15.4 Å². The fraction of sp³-hybridized carbons (Fsp3) is 0. The molecule has 2 aromatic carbocycles. The summed E-state index contributed by atoms with van der Waals surface area (Å²) < 4.78 is 0. The van der Waals surface area contributed by atoms with Gasteiger partial charge in [-0.05, 0) is 24.3 Å². The van der Waals surface area contributed by atoms with Gasteiger partial charge in [-0.3, -0.25) is 0 Å². The molecule has 21 heavy (non-hydrogen) atoms. The number of fused-ring (bicyclic) bond motifs is 2. The average molecular weight is 281 g/mol. The van der Waals surface area contributed by atoms with E-state index in [0.717, 1.165) is 11.0 Å². The highest BCUT2D eigenvalue weighted by atomic mass is 16.4. The maximum atomic E-state index is 10.6. The van der Waals surface area contributed by atoms with Crippen molar-refractivity contribution in [2.75, 3.05) is 0 Å². The van der Waals surface area contributed by atoms with Crippen LogP contribution in [0.3, 0.4) is 0 Å². The molecule has 0 spiro atoms. The molecule has 0 radical (unpaired) electrons. The predicted molar refractivity (Wildman–Crippen MR) is 76.9 cm³/mol. The highest BCUT2D eigenvalue weighted by Crippen LogP contribution is 2.12. The molecule has 0 amide bonds. The third-order valence-electron chi connectivity index (χ3n) is 2.91. The summed E-state index contributed by atoms with van der Waals surface area (Å²) in [6, 6.07) is 12.8. The Balaban J connectivity index is 0.000000131. The number of nitrogens with zero attached hydrogens (tertiary/aromatic N) is 3. The molecule has 0 unspecified atom stereocenters. The van der Waals surface area contributed by atoms with Gasteiger partial charge in [0.2, 0.25) is 0 Å². The third kappa shape index (κ3) is 2.57. The van der Waals surface area contributed by atoms with E-state index in [2.05, 4.69) is 25.4 Å². The SMILES string of the molecule is O=C(O)c1cccc2n[nH]nc12.c1ccc2[nH]cnc2c1. The van der Waals surface area contributed by atoms with Gasteiger partial charge in [-0.15, -0.1) is 0 Å². The number of aromatic nitrogens is 5. The van der Waals surface area contributed by atoms with Gasteiger partial charge in [0, 0.05) is 0 Å². The monoisotopic (exact) mass is 281 g/mol. The molecule has 0 aliphatic rings. The van der Waals surface area contributed by atoms with Gasteiger partial charge in [0.25, 0.3) is 0 Å². The van der Waals surface area contributed by atoms with Crippen molar-refractivity contribution in [2.24, 2.45) is 0 Å². The first-order valence-corrected chi connectivity index (χ1v) is 6.16. The molecule has 4 rings (SSSR count). The van der Waals surface area contributed by atoms with Crippen molar-refractivity contribution in [2.45, 2.75) is 0 Å². The van der Waals surface area contributed by atoms with E-state index in [4.69, 9.17) is 5.11 Å². The van der Waals surface area contributed by atoms with Crippen molar-refractivity contribution in [3.8, 4) is 0 Å². The Morgan fingerprint density at radius 1 is 1.00 bits per heavy atom. The normalized spacial score (nSPS) is 10.3. The molecule has 2 aromatic heterocycles. The maximum Gasteiger partial charge on any atom is 0.338 e. The first-order valence-electron chi connectivity index (χ1n) is 6.16. The van der Waals surface area contributed by atoms with E-state index < -0.39 is 5.97 Å². The van der Waals surface area contributed by atoms with Crippen molar-refractivity contribution in [1.29, 1.82) is 0 Å². The van der Waals surface area contributed by atoms with Gasteiger partial charge in [-0.25, -0.2) is 9.78 Å². The summed E-state index contributed by atoms with van der Waals surface area (Å²) in [5.41, 5.74) is 3.25. The van der Waals surface area contributed by atoms with Gasteiger partial charge >= 0.3 is 5.97 Å². The number of imidazole rings is 1. The standard InChI is InChI=1S/C7H5N3O2.C7H6N2/c11-7(12)4-2-1-3-5-6(4)9-10-8-5;1-2-4-7-6(3-1)8-5-9-7/h1-3H,(H,11,12)(H,8,9,10);1-5H,(H,8,9). The van der Waals surface area contributed by atoms with E-state index in [9.17, 15) is 4.79 Å². The van der Waals surface area contributed by atoms with Crippen LogP contribution in [0.2, 0.25) is 0 Å². The van der Waals surface area contributed by atoms with E-state index in [1.54, 1.807) is 18.5 Å². The van der Waals surface area contributed by atoms with Crippen LogP contribution in [-0.4, -0.2) is 36.5 Å². The fourth-order valence-corrected chi connectivity index (χ4v) is 1.92. The van der Waals surface area contributed by atoms with Crippen LogP contribution in [0.5, 0.6) is 0 Å². The molecule has 0 fully saturated rings. The van der Waals surface area contributed by atoms with Crippen LogP contribution < -0.4 is 0 Å². The fourth-order valence-electron chi connectivity index (χ4n) is 1.92. The number of nitrogens with one attached hydrogen (secondary N) is 2. The lowest BCUT2D eigenvalue weighted by molar-refractivity contribution is 0.0699. The minimum absolute atomic E-state index is 0.168. The van der Waals surface area contributed by atoms with Gasteiger partial charge in [0.15, 0.2) is 0 Å². The van der Waals surface area contributed by atoms with Crippen molar-refractivity contribution in [3.05, 3.63) is 54.4 Å². The second-order valence-electron chi connectivity index (χ2n) is 4.22. The number of rotatable bonds is 1. The first-order chi connectivity index (χ1) is 10.3. The molecule has 3 N–H and O–H groups in total. The van der Waals surface area contributed by atoms with Crippen LogP contribution >= 0.6 is 0 Å². The molecule has 0 aliphatic heterocycles. The maximum absolute atomic E-state index is 10.6. The number of hydrogen-bond acceptors (Lipinski definition) is 4. The summed E-state index contributed by atoms with van der Waals surface area (Å²) in [6.45, 7) is 0. The molecule has 0 aliphatic carbocycles. The molecule has 7 heteroatoms. The lowest BCUT2D eigenvalue weighted by Gasteiger charge is -1.91. The van der Waals surface area contributed by atoms with Gasteiger partial charge < -0.3 is 10.1 Å². The molecular weight excluding hydrogens is 270 g/mol. The molecule has 104 valence electrons. The summed E-state index contributed by atoms with van der Waals surface area (Å²) in [6.07, 6.45) is 1.70. The van der Waals surface area contributed by atoms with E-state index in [-0.39, 0.29) is 5.56 Å². The van der Waals surface area contributed by atoms with Gasteiger partial charge in [0.1, 0.15) is 11.0 Å². The number of carboxylic acid groups (broad SMARTS) is 1. The van der Waals surface area contributed by atoms with Crippen molar-refractivity contribution < 1.29 is 9.90 Å². The summed E-state index contributed by atoms with van der Waals surface area (Å²) in [4.78, 5) is 17.7. The van der Waals surface area contributed by atoms with E-state index >= 15 is 0 Å². The molecular formula is C14H11N5O2. The summed E-state index contributed by atoms with van der Waals surface area (Å²) in [5.74, 6) is -0.991. The van der Waals surface area contributed by atoms with Crippen LogP contribution in [0.25, 0.3) is 22.1 Å². The molecule has 2 heterocycles. The van der Waals surface area contributed by atoms with Crippen LogP contribution in [0.15, 0.2) is 48.8 Å². The van der Waals surface area contributed by atoms with Crippen molar-refractivity contribution in [3.63, 3.8) is 0 Å². The number of hydrogen-bond donors (Lipinski definition) is 3. The Kier molecular flexibility index (Phi) is 3.30. The number of carboxylic acids is 1. The van der Waals surface area contributed by atoms with Crippen molar-refractivity contribution >= 4 is 28.0 Å². The highest BCUT2D eigenvalue weighted by Gasteiger charge is 2.09. The minimum Gasteiger partial charge on any atom is -0.478 e. The Hall–Kier alpha value is -3.22. The number of para-hydroxylation sites is 3. The second-order valence-corrected chi connectivity index (χ2v) is 4.22. The molecule has 0 atom stereocenters. The van der Waals surface area contributed by atoms with E-state index in [0.29, 0.717) is 11.0 Å². The van der Waals surface area contributed by atoms with Crippen molar-refractivity contribution in [1.82, 2.24) is 25.4 Å². The summed E-state index contributed by atoms with van der Waals surface area (Å²) in [5, 5.41) is 18.6. The van der Waals surface area contributed by atoms with E-state index in [1.807, 2.05) is 24.3 Å². The average Bonchev–Trinajstić information content (AvgIpc) is 3.16. The number of H-pyrrole nitrogens is 2. The number of benzene rings is 2. The van der Waals surface area contributed by atoms with E-state index in [1.165, 1.54) is 6.07 Å². The third-order valence-corrected chi connectivity index (χ3v) is 2.91. The van der Waals surface area contributed by atoms with Crippen LogP contribution in [-0.2, 0) is 0 Å². The largest absolute Gasteiger partial charge is 0.478 e. The zero-order chi connectivity index (χ0) is 14.7. The topological polar surface area (TPSA) is 108 Å². The summed E-state index contributed by atoms with van der Waals surface area (Å²) in [7, 11) is 0. The smallest absolute Gasteiger partial charge is 0.338 e. The molecule has 0 saturated carbocycles. The molecule has 4 aromatic rings. The van der Waals surface area contributed by atoms with Gasteiger partial charge in [-0.1, -0.05) is 18.2 Å². The Morgan fingerprint density at radius 2 is 1.81 bits per heavy atom. The predicted octanol–water partition coefficient (Wildman–Crippen LogP) is 2.22. The Bertz CT molecular complexity index is 866. The van der Waals surface area contributed by atoms with Crippen LogP contribution in [0.1, 0.15) is 10.4 Å². The Morgan fingerprint density at radius 3 is 2.62 bits per heavy atom. The second kappa shape index (κ2) is 5.41. The molecule has 0 bridgehead atoms. The highest BCUT2D eigenvalue weighted by molar-refractivity contribution is 6.00. The van der Waals surface area contributed by atoms with Crippen LogP contribution in [0, 0.1) is 0 Å². The number of carbonyl (C=O) groups is 1. The van der Waals surface area contributed by atoms with Gasteiger partial charge in [0.05, 0.1) is 22.9 Å². The minimum atomic E-state index is -0.991. The lowest BCUT2D eigenvalue weighted by Crippen LogP contribution is -1.96. The lowest BCUT2D eigenvalue weighted by atomic mass is 10.2. The quantitative estimate of drug-likeness (QED) is 0.496. The zero-order valence-corrected chi connectivity index (χ0v) is 10.8. The summed E-state index contributed by atoms with van der Waals surface area (Å²) >= 11 is 0. The number of aromatic carboxylic acids is 1. The Labute approximate surface area is 118 Å². The molecule has 0 saturated heterocycles. The first kappa shape index (κ1) is 12.8. The van der Waals surface area contributed by atoms with Crippen LogP contribution in [0.4, 0.5) is 0 Å². The molecule has 7 nitrogen and oxygen atoms in total. The number of aromatic amines is 2. The zero-order valence-electron chi connectivity index (χ0n) is 10.8.